The van der Waals surface area contributed by atoms with E-state index in [-0.39, 0.29) is 33.6 Å². The van der Waals surface area contributed by atoms with Gasteiger partial charge in [-0.15, -0.1) is 0 Å². The summed E-state index contributed by atoms with van der Waals surface area (Å²) >= 11 is 12.5. The Morgan fingerprint density at radius 1 is 1.00 bits per heavy atom. The lowest BCUT2D eigenvalue weighted by atomic mass is 9.75. The molecule has 4 unspecified atom stereocenters. The van der Waals surface area contributed by atoms with Crippen LogP contribution in [0.5, 0.6) is 0 Å². The van der Waals surface area contributed by atoms with Gasteiger partial charge in [-0.05, 0) is 37.6 Å². The molecule has 4 atom stereocenters. The van der Waals surface area contributed by atoms with Crippen molar-refractivity contribution in [1.82, 2.24) is 4.90 Å². The first-order valence-electron chi connectivity index (χ1n) is 9.97. The monoisotopic (exact) mass is 441 g/mol. The second-order valence-corrected chi connectivity index (χ2v) is 9.04. The molecule has 8 heteroatoms. The number of nitrogens with zero attached hydrogens (tertiary/aromatic N) is 2. The molecule has 4 aliphatic heterocycles. The predicted octanol–water partition coefficient (Wildman–Crippen LogP) is 3.42. The number of carbonyl (C=O) groups excluding carboxylic acids is 3. The summed E-state index contributed by atoms with van der Waals surface area (Å²) in [5.41, 5.74) is 0.581. The number of benzene rings is 2. The molecular formula is C22H17Cl2N3O3. The second-order valence-electron chi connectivity index (χ2n) is 8.26. The van der Waals surface area contributed by atoms with Crippen molar-refractivity contribution in [1.29, 1.82) is 0 Å². The van der Waals surface area contributed by atoms with Gasteiger partial charge in [0, 0.05) is 17.3 Å². The van der Waals surface area contributed by atoms with Gasteiger partial charge < -0.3 is 5.32 Å². The smallest absolute Gasteiger partial charge is 0.250 e. The Kier molecular flexibility index (Phi) is 3.71. The number of nitrogens with one attached hydrogen (secondary N) is 1. The quantitative estimate of drug-likeness (QED) is 0.688. The molecule has 1 N–H and O–H groups in total. The maximum absolute atomic E-state index is 13.8. The van der Waals surface area contributed by atoms with Crippen LogP contribution in [0.2, 0.25) is 10.0 Å². The highest BCUT2D eigenvalue weighted by atomic mass is 35.5. The van der Waals surface area contributed by atoms with Crippen LogP contribution in [-0.4, -0.2) is 35.2 Å². The molecule has 6 nitrogen and oxygen atoms in total. The molecule has 6 rings (SSSR count). The lowest BCUT2D eigenvalue weighted by Crippen LogP contribution is -2.54. The highest BCUT2D eigenvalue weighted by molar-refractivity contribution is 6.45. The minimum absolute atomic E-state index is 0.161. The van der Waals surface area contributed by atoms with Gasteiger partial charge in [-0.3, -0.25) is 19.3 Å². The van der Waals surface area contributed by atoms with Gasteiger partial charge in [0.05, 0.1) is 27.6 Å². The van der Waals surface area contributed by atoms with Crippen LogP contribution in [0.15, 0.2) is 42.5 Å². The van der Waals surface area contributed by atoms with Crippen molar-refractivity contribution in [2.75, 3.05) is 16.8 Å². The number of hydrogen-bond acceptors (Lipinski definition) is 4. The van der Waals surface area contributed by atoms with Crippen molar-refractivity contribution in [2.45, 2.75) is 24.4 Å². The number of amides is 3. The molecule has 1 spiro atoms. The zero-order valence-electron chi connectivity index (χ0n) is 15.8. The molecule has 2 aromatic carbocycles. The van der Waals surface area contributed by atoms with Gasteiger partial charge >= 0.3 is 0 Å². The number of halogens is 2. The van der Waals surface area contributed by atoms with E-state index in [1.165, 1.54) is 0 Å². The van der Waals surface area contributed by atoms with E-state index >= 15 is 0 Å². The molecule has 0 aliphatic carbocycles. The molecule has 3 saturated heterocycles. The van der Waals surface area contributed by atoms with Crippen molar-refractivity contribution in [3.8, 4) is 0 Å². The van der Waals surface area contributed by atoms with Gasteiger partial charge in [-0.25, -0.2) is 4.90 Å². The average Bonchev–Trinajstić information content (AvgIpc) is 3.43. The normalized spacial score (nSPS) is 32.0. The van der Waals surface area contributed by atoms with Gasteiger partial charge in [0.25, 0.3) is 0 Å². The van der Waals surface area contributed by atoms with Crippen molar-refractivity contribution < 1.29 is 14.4 Å². The third-order valence-electron chi connectivity index (χ3n) is 7.07. The van der Waals surface area contributed by atoms with Gasteiger partial charge in [0.2, 0.25) is 17.7 Å². The van der Waals surface area contributed by atoms with Gasteiger partial charge in [0.15, 0.2) is 0 Å². The van der Waals surface area contributed by atoms with Crippen molar-refractivity contribution >= 4 is 52.3 Å². The maximum Gasteiger partial charge on any atom is 0.250 e. The molecule has 4 aliphatic rings. The van der Waals surface area contributed by atoms with E-state index in [2.05, 4.69) is 10.2 Å². The fourth-order valence-electron chi connectivity index (χ4n) is 6.06. The molecule has 0 saturated carbocycles. The third kappa shape index (κ3) is 1.97. The van der Waals surface area contributed by atoms with Gasteiger partial charge in [0.1, 0.15) is 5.54 Å². The van der Waals surface area contributed by atoms with Crippen molar-refractivity contribution in [2.24, 2.45) is 11.8 Å². The van der Waals surface area contributed by atoms with Crippen LogP contribution in [0.25, 0.3) is 0 Å². The zero-order chi connectivity index (χ0) is 20.8. The van der Waals surface area contributed by atoms with Crippen LogP contribution in [0, 0.1) is 11.8 Å². The Bertz CT molecular complexity index is 1150. The summed E-state index contributed by atoms with van der Waals surface area (Å²) in [6, 6.07) is 12.2. The fraction of sp³-hybridized carbons (Fsp3) is 0.318. The molecule has 4 heterocycles. The molecule has 0 radical (unpaired) electrons. The molecule has 152 valence electrons. The van der Waals surface area contributed by atoms with E-state index in [4.69, 9.17) is 23.2 Å². The summed E-state index contributed by atoms with van der Waals surface area (Å²) in [5, 5.41) is 3.39. The van der Waals surface area contributed by atoms with Crippen LogP contribution in [0.1, 0.15) is 18.4 Å². The van der Waals surface area contributed by atoms with E-state index in [0.29, 0.717) is 12.2 Å². The zero-order valence-corrected chi connectivity index (χ0v) is 17.3. The van der Waals surface area contributed by atoms with E-state index in [0.717, 1.165) is 23.3 Å². The molecule has 3 amide bonds. The summed E-state index contributed by atoms with van der Waals surface area (Å²) in [7, 11) is 0. The molecule has 3 fully saturated rings. The first-order chi connectivity index (χ1) is 14.5. The largest absolute Gasteiger partial charge is 0.324 e. The van der Waals surface area contributed by atoms with E-state index in [1.54, 1.807) is 18.2 Å². The molecule has 0 bridgehead atoms. The summed E-state index contributed by atoms with van der Waals surface area (Å²) in [5.74, 6) is -2.32. The molecule has 2 aromatic rings. The first kappa shape index (κ1) is 18.4. The number of rotatable bonds is 1. The Morgan fingerprint density at radius 3 is 2.63 bits per heavy atom. The average molecular weight is 442 g/mol. The Labute approximate surface area is 182 Å². The number of para-hydroxylation sites is 1. The lowest BCUT2D eigenvalue weighted by Gasteiger charge is -2.36. The summed E-state index contributed by atoms with van der Waals surface area (Å²) < 4.78 is 0. The fourth-order valence-corrected chi connectivity index (χ4v) is 6.44. The Balaban J connectivity index is 1.57. The number of hydrogen-bond donors (Lipinski definition) is 1. The van der Waals surface area contributed by atoms with Crippen LogP contribution in [0.3, 0.4) is 0 Å². The SMILES string of the molecule is O=C1C2C3CCCN3C3(C(=O)Nc4ccccc43)C2C(=O)N1c1cccc(Cl)c1Cl. The van der Waals surface area contributed by atoms with Crippen LogP contribution in [0.4, 0.5) is 11.4 Å². The van der Waals surface area contributed by atoms with Crippen molar-refractivity contribution in [3.63, 3.8) is 0 Å². The Morgan fingerprint density at radius 2 is 1.80 bits per heavy atom. The van der Waals surface area contributed by atoms with Crippen LogP contribution >= 0.6 is 23.2 Å². The number of anilines is 2. The minimum Gasteiger partial charge on any atom is -0.324 e. The third-order valence-corrected chi connectivity index (χ3v) is 7.88. The predicted molar refractivity (Wildman–Crippen MR) is 112 cm³/mol. The standard InChI is InChI=1S/C22H17Cl2N3O3/c23-12-6-3-8-15(18(12)24)27-19(28)16-14-9-4-10-26(14)22(17(16)20(27)29)11-5-1-2-7-13(11)25-21(22)30/h1-3,5-8,14,16-17H,4,9-10H2,(H,25,30). The summed E-state index contributed by atoms with van der Waals surface area (Å²) in [4.78, 5) is 44.1. The summed E-state index contributed by atoms with van der Waals surface area (Å²) in [6.07, 6.45) is 1.65. The number of fused-ring (bicyclic) bond motifs is 7. The molecule has 0 aromatic heterocycles. The maximum atomic E-state index is 13.8. The molecular weight excluding hydrogens is 425 g/mol. The van der Waals surface area contributed by atoms with Gasteiger partial charge in [-0.2, -0.15) is 0 Å². The second kappa shape index (κ2) is 6.06. The Hall–Kier alpha value is -2.41. The number of carbonyl (C=O) groups is 3. The summed E-state index contributed by atoms with van der Waals surface area (Å²) in [6.45, 7) is 0.678. The topological polar surface area (TPSA) is 69.7 Å². The highest BCUT2D eigenvalue weighted by Gasteiger charge is 2.74. The first-order valence-corrected chi connectivity index (χ1v) is 10.7. The van der Waals surface area contributed by atoms with Gasteiger partial charge in [-0.1, -0.05) is 47.5 Å². The van der Waals surface area contributed by atoms with E-state index in [1.807, 2.05) is 24.3 Å². The van der Waals surface area contributed by atoms with E-state index < -0.39 is 23.3 Å². The van der Waals surface area contributed by atoms with Crippen LogP contribution in [-0.2, 0) is 19.9 Å². The highest BCUT2D eigenvalue weighted by Crippen LogP contribution is 2.60. The molecule has 30 heavy (non-hydrogen) atoms. The van der Waals surface area contributed by atoms with E-state index in [9.17, 15) is 14.4 Å². The van der Waals surface area contributed by atoms with Crippen molar-refractivity contribution in [3.05, 3.63) is 58.1 Å². The minimum atomic E-state index is -1.17. The van der Waals surface area contributed by atoms with Crippen LogP contribution < -0.4 is 10.2 Å². The number of imide groups is 1. The lowest BCUT2D eigenvalue weighted by molar-refractivity contribution is -0.135.